The van der Waals surface area contributed by atoms with Crippen LogP contribution in [-0.4, -0.2) is 82.6 Å². The highest BCUT2D eigenvalue weighted by atomic mass is 16.7. The van der Waals surface area contributed by atoms with Crippen LogP contribution < -0.4 is 20.3 Å². The molecule has 1 aromatic carbocycles. The molecule has 1 aromatic heterocycles. The minimum atomic E-state index is -0.725. The number of carbonyl (C=O) groups is 2. The van der Waals surface area contributed by atoms with Gasteiger partial charge in [-0.05, 0) is 50.2 Å². The molecule has 1 aliphatic heterocycles. The summed E-state index contributed by atoms with van der Waals surface area (Å²) in [6.07, 6.45) is 1.03. The lowest BCUT2D eigenvalue weighted by molar-refractivity contribution is -0.146. The van der Waals surface area contributed by atoms with E-state index in [4.69, 9.17) is 18.6 Å². The van der Waals surface area contributed by atoms with Crippen molar-refractivity contribution in [1.29, 1.82) is 0 Å². The second-order valence-corrected chi connectivity index (χ2v) is 8.01. The van der Waals surface area contributed by atoms with Gasteiger partial charge in [0, 0.05) is 51.6 Å². The number of nitrogens with zero attached hydrogens (tertiary/aromatic N) is 2. The molecule has 10 nitrogen and oxygen atoms in total. The molecule has 192 valence electrons. The number of hydrogen-bond donors (Lipinski definition) is 2. The van der Waals surface area contributed by atoms with Crippen LogP contribution in [0.1, 0.15) is 25.6 Å². The van der Waals surface area contributed by atoms with Crippen molar-refractivity contribution in [1.82, 2.24) is 15.5 Å². The minimum Gasteiger partial charge on any atom is -0.497 e. The quantitative estimate of drug-likeness (QED) is 0.344. The highest BCUT2D eigenvalue weighted by molar-refractivity contribution is 6.35. The molecule has 1 atom stereocenters. The van der Waals surface area contributed by atoms with Crippen LogP contribution in [-0.2, 0) is 19.1 Å². The number of piperazine rings is 1. The molecule has 2 amide bonds. The molecule has 2 heterocycles. The average Bonchev–Trinajstić information content (AvgIpc) is 3.42. The zero-order valence-electron chi connectivity index (χ0n) is 20.7. The molecular formula is C25H36N4O6. The fourth-order valence-corrected chi connectivity index (χ4v) is 4.04. The summed E-state index contributed by atoms with van der Waals surface area (Å²) in [5.74, 6) is 0.148. The molecule has 0 aliphatic carbocycles. The van der Waals surface area contributed by atoms with Crippen LogP contribution in [0.15, 0.2) is 47.1 Å². The summed E-state index contributed by atoms with van der Waals surface area (Å²) >= 11 is 0. The first-order valence-electron chi connectivity index (χ1n) is 12.0. The number of amides is 2. The molecule has 0 unspecified atom stereocenters. The van der Waals surface area contributed by atoms with Crippen molar-refractivity contribution >= 4 is 17.5 Å². The third kappa shape index (κ3) is 7.71. The van der Waals surface area contributed by atoms with Crippen LogP contribution in [0, 0.1) is 0 Å². The molecule has 0 spiro atoms. The third-order valence-corrected chi connectivity index (χ3v) is 5.86. The molecule has 3 rings (SSSR count). The zero-order valence-corrected chi connectivity index (χ0v) is 20.7. The molecule has 1 fully saturated rings. The lowest BCUT2D eigenvalue weighted by atomic mass is 10.1. The lowest BCUT2D eigenvalue weighted by Gasteiger charge is -2.39. The minimum absolute atomic E-state index is 0.100. The number of rotatable bonds is 12. The Balaban J connectivity index is 1.53. The summed E-state index contributed by atoms with van der Waals surface area (Å²) in [6, 6.07) is 11.6. The fourth-order valence-electron chi connectivity index (χ4n) is 4.04. The van der Waals surface area contributed by atoms with E-state index in [1.807, 2.05) is 38.1 Å². The third-order valence-electron chi connectivity index (χ3n) is 5.86. The van der Waals surface area contributed by atoms with Gasteiger partial charge in [-0.1, -0.05) is 0 Å². The van der Waals surface area contributed by atoms with Crippen LogP contribution in [0.3, 0.4) is 0 Å². The van der Waals surface area contributed by atoms with Gasteiger partial charge in [-0.2, -0.15) is 0 Å². The van der Waals surface area contributed by atoms with Gasteiger partial charge in [0.15, 0.2) is 6.29 Å². The molecule has 10 heteroatoms. The Morgan fingerprint density at radius 2 is 1.57 bits per heavy atom. The van der Waals surface area contributed by atoms with Gasteiger partial charge < -0.3 is 34.2 Å². The van der Waals surface area contributed by atoms with Crippen LogP contribution in [0.2, 0.25) is 0 Å². The average molecular weight is 489 g/mol. The van der Waals surface area contributed by atoms with Crippen LogP contribution in [0.4, 0.5) is 5.69 Å². The molecule has 35 heavy (non-hydrogen) atoms. The van der Waals surface area contributed by atoms with Gasteiger partial charge in [-0.3, -0.25) is 14.5 Å². The maximum absolute atomic E-state index is 12.4. The van der Waals surface area contributed by atoms with E-state index in [1.54, 1.807) is 13.4 Å². The monoisotopic (exact) mass is 488 g/mol. The maximum Gasteiger partial charge on any atom is 0.309 e. The summed E-state index contributed by atoms with van der Waals surface area (Å²) in [7, 11) is 1.66. The molecular weight excluding hydrogens is 452 g/mol. The summed E-state index contributed by atoms with van der Waals surface area (Å²) < 4.78 is 21.7. The number of carbonyl (C=O) groups excluding carboxylic acids is 2. The van der Waals surface area contributed by atoms with Gasteiger partial charge in [0.05, 0.1) is 26.0 Å². The van der Waals surface area contributed by atoms with E-state index < -0.39 is 18.1 Å². The van der Waals surface area contributed by atoms with E-state index in [1.165, 1.54) is 0 Å². The number of furan rings is 1. The van der Waals surface area contributed by atoms with Crippen LogP contribution in [0.25, 0.3) is 0 Å². The second kappa shape index (κ2) is 13.7. The second-order valence-electron chi connectivity index (χ2n) is 8.01. The van der Waals surface area contributed by atoms with E-state index >= 15 is 0 Å². The van der Waals surface area contributed by atoms with Gasteiger partial charge in [0.25, 0.3) is 0 Å². The predicted molar refractivity (Wildman–Crippen MR) is 131 cm³/mol. The van der Waals surface area contributed by atoms with Crippen molar-refractivity contribution < 1.29 is 28.2 Å². The molecule has 1 aliphatic rings. The van der Waals surface area contributed by atoms with Gasteiger partial charge in [-0.25, -0.2) is 0 Å². The van der Waals surface area contributed by atoms with Crippen LogP contribution >= 0.6 is 0 Å². The fraction of sp³-hybridized carbons (Fsp3) is 0.520. The smallest absolute Gasteiger partial charge is 0.309 e. The first kappa shape index (κ1) is 26.5. The Bertz CT molecular complexity index is 891. The Morgan fingerprint density at radius 1 is 0.943 bits per heavy atom. The highest BCUT2D eigenvalue weighted by Gasteiger charge is 2.28. The first-order chi connectivity index (χ1) is 17.0. The summed E-state index contributed by atoms with van der Waals surface area (Å²) in [5, 5.41) is 5.32. The van der Waals surface area contributed by atoms with E-state index in [9.17, 15) is 9.59 Å². The number of benzene rings is 1. The summed E-state index contributed by atoms with van der Waals surface area (Å²) in [5.41, 5.74) is 1.14. The lowest BCUT2D eigenvalue weighted by Crippen LogP contribution is -2.51. The topological polar surface area (TPSA) is 106 Å². The van der Waals surface area contributed by atoms with Gasteiger partial charge in [0.1, 0.15) is 11.5 Å². The molecule has 0 saturated carbocycles. The molecule has 0 bridgehead atoms. The largest absolute Gasteiger partial charge is 0.497 e. The summed E-state index contributed by atoms with van der Waals surface area (Å²) in [6.45, 7) is 8.15. The van der Waals surface area contributed by atoms with E-state index in [2.05, 4.69) is 32.6 Å². The van der Waals surface area contributed by atoms with Crippen LogP contribution in [0.5, 0.6) is 5.75 Å². The van der Waals surface area contributed by atoms with Gasteiger partial charge >= 0.3 is 11.8 Å². The van der Waals surface area contributed by atoms with Gasteiger partial charge in [0.2, 0.25) is 0 Å². The zero-order chi connectivity index (χ0) is 25.0. The van der Waals surface area contributed by atoms with Crippen molar-refractivity contribution in [3.63, 3.8) is 0 Å². The number of hydrogen-bond acceptors (Lipinski definition) is 8. The number of nitrogens with one attached hydrogen (secondary N) is 2. The standard InChI is InChI=1S/C25H36N4O6/c1-4-33-23(34-5-2)18-27-25(31)24(30)26-17-21(22-7-6-16-35-22)29-14-12-28(13-15-29)19-8-10-20(32-3)11-9-19/h6-11,16,21,23H,4-5,12-15,17-18H2,1-3H3,(H,26,30)(H,27,31)/t21-/m1/s1. The molecule has 2 aromatic rings. The van der Waals surface area contributed by atoms with Crippen molar-refractivity contribution in [2.75, 3.05) is 64.5 Å². The summed E-state index contributed by atoms with van der Waals surface area (Å²) in [4.78, 5) is 29.3. The number of ether oxygens (including phenoxy) is 3. The van der Waals surface area contributed by atoms with Crippen molar-refractivity contribution in [2.24, 2.45) is 0 Å². The first-order valence-corrected chi connectivity index (χ1v) is 12.0. The number of anilines is 1. The Labute approximate surface area is 206 Å². The van der Waals surface area contributed by atoms with E-state index in [0.29, 0.717) is 13.2 Å². The molecule has 0 radical (unpaired) electrons. The Hall–Kier alpha value is -3.08. The van der Waals surface area contributed by atoms with Crippen molar-refractivity contribution in [2.45, 2.75) is 26.2 Å². The Kier molecular flexibility index (Phi) is 10.4. The normalized spacial score (nSPS) is 15.1. The van der Waals surface area contributed by atoms with E-state index in [-0.39, 0.29) is 19.1 Å². The van der Waals surface area contributed by atoms with Crippen molar-refractivity contribution in [3.05, 3.63) is 48.4 Å². The predicted octanol–water partition coefficient (Wildman–Crippen LogP) is 1.78. The number of methoxy groups -OCH3 is 1. The van der Waals surface area contributed by atoms with E-state index in [0.717, 1.165) is 43.4 Å². The highest BCUT2D eigenvalue weighted by Crippen LogP contribution is 2.25. The molecule has 2 N–H and O–H groups in total. The Morgan fingerprint density at radius 3 is 2.11 bits per heavy atom. The van der Waals surface area contributed by atoms with Crippen molar-refractivity contribution in [3.8, 4) is 5.75 Å². The molecule has 1 saturated heterocycles. The maximum atomic E-state index is 12.4. The SMILES string of the molecule is CCOC(CNC(=O)C(=O)NC[C@H](c1ccco1)N1CCN(c2ccc(OC)cc2)CC1)OCC. The van der Waals surface area contributed by atoms with Gasteiger partial charge in [-0.15, -0.1) is 0 Å².